The minimum atomic E-state index is 0.0472. The molecule has 0 aliphatic carbocycles. The molecular weight excluding hydrogens is 376 g/mol. The summed E-state index contributed by atoms with van der Waals surface area (Å²) >= 11 is 5.94. The molecule has 1 aliphatic heterocycles. The molecule has 7 nitrogen and oxygen atoms in total. The zero-order valence-electron chi connectivity index (χ0n) is 15.4. The number of likely N-dealkylation sites (tertiary alicyclic amines) is 1. The molecule has 1 amide bonds. The Morgan fingerprint density at radius 3 is 2.68 bits per heavy atom. The summed E-state index contributed by atoms with van der Waals surface area (Å²) in [5.74, 6) is 0.116. The summed E-state index contributed by atoms with van der Waals surface area (Å²) < 4.78 is 1.58. The monoisotopic (exact) mass is 396 g/mol. The summed E-state index contributed by atoms with van der Waals surface area (Å²) in [7, 11) is 0. The lowest BCUT2D eigenvalue weighted by atomic mass is 10.0. The number of carbonyl (C=O) groups is 1. The number of amides is 1. The predicted molar refractivity (Wildman–Crippen MR) is 105 cm³/mol. The Morgan fingerprint density at radius 1 is 1.14 bits per heavy atom. The molecule has 2 aromatic heterocycles. The maximum absolute atomic E-state index is 12.7. The highest BCUT2D eigenvalue weighted by molar-refractivity contribution is 6.30. The van der Waals surface area contributed by atoms with Crippen LogP contribution < -0.4 is 0 Å². The zero-order chi connectivity index (χ0) is 19.3. The van der Waals surface area contributed by atoms with Crippen molar-refractivity contribution in [2.24, 2.45) is 0 Å². The lowest BCUT2D eigenvalue weighted by Crippen LogP contribution is -2.31. The van der Waals surface area contributed by atoms with Gasteiger partial charge in [0.2, 0.25) is 5.91 Å². The smallest absolute Gasteiger partial charge is 0.225 e. The molecule has 1 atom stereocenters. The number of rotatable bonds is 6. The van der Waals surface area contributed by atoms with Gasteiger partial charge in [-0.25, -0.2) is 4.68 Å². The Bertz CT molecular complexity index is 911. The minimum absolute atomic E-state index is 0.0472. The fourth-order valence-electron chi connectivity index (χ4n) is 3.58. The van der Waals surface area contributed by atoms with Crippen molar-refractivity contribution in [2.75, 3.05) is 6.54 Å². The van der Waals surface area contributed by atoms with Gasteiger partial charge >= 0.3 is 0 Å². The number of aromatic nitrogens is 5. The van der Waals surface area contributed by atoms with Crippen LogP contribution in [-0.4, -0.2) is 42.5 Å². The van der Waals surface area contributed by atoms with E-state index in [9.17, 15) is 4.79 Å². The van der Waals surface area contributed by atoms with Gasteiger partial charge in [-0.15, -0.1) is 5.10 Å². The second-order valence-electron chi connectivity index (χ2n) is 6.96. The molecule has 1 saturated heterocycles. The third-order valence-electron chi connectivity index (χ3n) is 5.03. The van der Waals surface area contributed by atoms with Crippen molar-refractivity contribution in [3.05, 3.63) is 70.8 Å². The van der Waals surface area contributed by atoms with Crippen LogP contribution in [0.1, 0.15) is 42.1 Å². The molecule has 3 heterocycles. The number of hydrogen-bond acceptors (Lipinski definition) is 5. The van der Waals surface area contributed by atoms with Gasteiger partial charge in [-0.2, -0.15) is 0 Å². The van der Waals surface area contributed by atoms with E-state index in [0.717, 1.165) is 42.1 Å². The fourth-order valence-corrected chi connectivity index (χ4v) is 3.71. The molecule has 144 valence electrons. The van der Waals surface area contributed by atoms with Crippen molar-refractivity contribution < 1.29 is 4.79 Å². The number of benzene rings is 1. The summed E-state index contributed by atoms with van der Waals surface area (Å²) in [5.41, 5.74) is 3.29. The Labute approximate surface area is 168 Å². The first kappa shape index (κ1) is 18.6. The van der Waals surface area contributed by atoms with E-state index in [4.69, 9.17) is 11.6 Å². The molecule has 0 radical (unpaired) electrons. The van der Waals surface area contributed by atoms with Crippen molar-refractivity contribution in [3.63, 3.8) is 0 Å². The Hall–Kier alpha value is -2.80. The van der Waals surface area contributed by atoms with Crippen molar-refractivity contribution in [3.8, 4) is 0 Å². The lowest BCUT2D eigenvalue weighted by molar-refractivity contribution is -0.132. The molecule has 4 rings (SSSR count). The quantitative estimate of drug-likeness (QED) is 0.640. The molecule has 0 N–H and O–H groups in total. The van der Waals surface area contributed by atoms with Crippen molar-refractivity contribution in [1.82, 2.24) is 30.1 Å². The second-order valence-corrected chi connectivity index (χ2v) is 7.40. The number of nitrogens with zero attached hydrogens (tertiary/aromatic N) is 6. The van der Waals surface area contributed by atoms with Gasteiger partial charge in [0.15, 0.2) is 0 Å². The van der Waals surface area contributed by atoms with Gasteiger partial charge in [-0.3, -0.25) is 9.78 Å². The van der Waals surface area contributed by atoms with E-state index in [1.165, 1.54) is 11.9 Å². The highest BCUT2D eigenvalue weighted by atomic mass is 35.5. The predicted octanol–water partition coefficient (Wildman–Crippen LogP) is 3.07. The molecule has 0 unspecified atom stereocenters. The molecule has 1 aliphatic rings. The Balaban J connectivity index is 1.39. The normalized spacial score (nSPS) is 16.5. The minimum Gasteiger partial charge on any atom is -0.334 e. The third-order valence-corrected chi connectivity index (χ3v) is 5.28. The Morgan fingerprint density at radius 2 is 1.96 bits per heavy atom. The van der Waals surface area contributed by atoms with Crippen LogP contribution in [0.25, 0.3) is 0 Å². The zero-order valence-corrected chi connectivity index (χ0v) is 16.2. The average molecular weight is 397 g/mol. The topological polar surface area (TPSA) is 76.8 Å². The largest absolute Gasteiger partial charge is 0.334 e. The van der Waals surface area contributed by atoms with Gasteiger partial charge in [-0.05, 0) is 59.0 Å². The SMILES string of the molecule is O=C(CCn1cnnn1)N1CCC[C@@H]1c1ccc(Cc2ccc(Cl)cc2)cn1. The van der Waals surface area contributed by atoms with Crippen LogP contribution in [0.4, 0.5) is 0 Å². The van der Waals surface area contributed by atoms with E-state index >= 15 is 0 Å². The van der Waals surface area contributed by atoms with Gasteiger partial charge in [0.05, 0.1) is 18.3 Å². The van der Waals surface area contributed by atoms with Gasteiger partial charge < -0.3 is 4.90 Å². The maximum Gasteiger partial charge on any atom is 0.225 e. The van der Waals surface area contributed by atoms with E-state index in [2.05, 4.69) is 26.6 Å². The summed E-state index contributed by atoms with van der Waals surface area (Å²) in [6.45, 7) is 1.26. The molecule has 3 aromatic rings. The first-order valence-electron chi connectivity index (χ1n) is 9.38. The van der Waals surface area contributed by atoms with Gasteiger partial charge in [0, 0.05) is 24.2 Å². The summed E-state index contributed by atoms with van der Waals surface area (Å²) in [5, 5.41) is 11.7. The second kappa shape index (κ2) is 8.48. The van der Waals surface area contributed by atoms with Crippen LogP contribution in [0.3, 0.4) is 0 Å². The van der Waals surface area contributed by atoms with E-state index < -0.39 is 0 Å². The van der Waals surface area contributed by atoms with Crippen LogP contribution in [0.15, 0.2) is 48.9 Å². The fraction of sp³-hybridized carbons (Fsp3) is 0.350. The van der Waals surface area contributed by atoms with Gasteiger partial charge in [-0.1, -0.05) is 29.8 Å². The summed E-state index contributed by atoms with van der Waals surface area (Å²) in [6.07, 6.45) is 6.57. The highest BCUT2D eigenvalue weighted by Gasteiger charge is 2.30. The summed E-state index contributed by atoms with van der Waals surface area (Å²) in [4.78, 5) is 19.3. The van der Waals surface area contributed by atoms with Crippen molar-refractivity contribution >= 4 is 17.5 Å². The standard InChI is InChI=1S/C20H21ClN6O/c21-17-6-3-15(4-7-17)12-16-5-8-18(22-13-16)19-2-1-10-27(19)20(28)9-11-26-14-23-24-25-26/h3-8,13-14,19H,1-2,9-12H2/t19-/m1/s1. The number of aryl methyl sites for hydroxylation is 1. The van der Waals surface area contributed by atoms with E-state index in [1.54, 1.807) is 4.68 Å². The third kappa shape index (κ3) is 4.36. The van der Waals surface area contributed by atoms with Crippen LogP contribution in [0.2, 0.25) is 5.02 Å². The first-order valence-corrected chi connectivity index (χ1v) is 9.76. The van der Waals surface area contributed by atoms with Crippen LogP contribution in [0, 0.1) is 0 Å². The maximum atomic E-state index is 12.7. The van der Waals surface area contributed by atoms with Crippen LogP contribution in [0.5, 0.6) is 0 Å². The first-order chi connectivity index (χ1) is 13.7. The molecular formula is C20H21ClN6O. The number of halogens is 1. The average Bonchev–Trinajstić information content (AvgIpc) is 3.40. The van der Waals surface area contributed by atoms with Crippen LogP contribution >= 0.6 is 11.6 Å². The van der Waals surface area contributed by atoms with Crippen molar-refractivity contribution in [2.45, 2.75) is 38.3 Å². The molecule has 0 bridgehead atoms. The molecule has 28 heavy (non-hydrogen) atoms. The molecule has 0 spiro atoms. The van der Waals surface area contributed by atoms with Gasteiger partial charge in [0.1, 0.15) is 6.33 Å². The van der Waals surface area contributed by atoms with E-state index in [-0.39, 0.29) is 11.9 Å². The lowest BCUT2D eigenvalue weighted by Gasteiger charge is -2.24. The van der Waals surface area contributed by atoms with E-state index in [0.29, 0.717) is 13.0 Å². The number of hydrogen-bond donors (Lipinski definition) is 0. The van der Waals surface area contributed by atoms with Gasteiger partial charge in [0.25, 0.3) is 0 Å². The van der Waals surface area contributed by atoms with Crippen LogP contribution in [-0.2, 0) is 17.8 Å². The number of carbonyl (C=O) groups excluding carboxylic acids is 1. The molecule has 1 aromatic carbocycles. The Kier molecular flexibility index (Phi) is 5.62. The summed E-state index contributed by atoms with van der Waals surface area (Å²) in [6, 6.07) is 12.0. The molecule has 0 saturated carbocycles. The highest BCUT2D eigenvalue weighted by Crippen LogP contribution is 2.31. The molecule has 8 heteroatoms. The molecule has 1 fully saturated rings. The number of tetrazole rings is 1. The van der Waals surface area contributed by atoms with Crippen molar-refractivity contribution in [1.29, 1.82) is 0 Å². The van der Waals surface area contributed by atoms with E-state index in [1.807, 2.05) is 41.4 Å². The number of pyridine rings is 1.